The zero-order valence-electron chi connectivity index (χ0n) is 18.2. The zero-order valence-corrected chi connectivity index (χ0v) is 19.0. The number of piperazine rings is 1. The van der Waals surface area contributed by atoms with Gasteiger partial charge in [0.25, 0.3) is 11.8 Å². The first-order valence-electron chi connectivity index (χ1n) is 10.7. The highest BCUT2D eigenvalue weighted by Crippen LogP contribution is 2.24. The Morgan fingerprint density at radius 1 is 1.00 bits per heavy atom. The van der Waals surface area contributed by atoms with E-state index in [9.17, 15) is 22.8 Å². The lowest BCUT2D eigenvalue weighted by Crippen LogP contribution is -2.51. The number of benzene rings is 1. The van der Waals surface area contributed by atoms with Gasteiger partial charge in [-0.1, -0.05) is 18.2 Å². The maximum atomic E-state index is 12.7. The molecule has 33 heavy (non-hydrogen) atoms. The van der Waals surface area contributed by atoms with E-state index in [0.29, 0.717) is 26.2 Å². The van der Waals surface area contributed by atoms with Crippen molar-refractivity contribution in [3.05, 3.63) is 59.8 Å². The lowest BCUT2D eigenvalue weighted by atomic mass is 10.1. The van der Waals surface area contributed by atoms with Crippen molar-refractivity contribution in [3.63, 3.8) is 0 Å². The van der Waals surface area contributed by atoms with Crippen LogP contribution in [0.5, 0.6) is 0 Å². The van der Waals surface area contributed by atoms with Gasteiger partial charge in [-0.2, -0.15) is 4.31 Å². The van der Waals surface area contributed by atoms with Crippen molar-refractivity contribution >= 4 is 33.6 Å². The van der Waals surface area contributed by atoms with Gasteiger partial charge in [0.1, 0.15) is 11.9 Å². The molecule has 0 saturated carbocycles. The smallest absolute Gasteiger partial charge is 0.262 e. The molecule has 2 aliphatic heterocycles. The summed E-state index contributed by atoms with van der Waals surface area (Å²) in [5.41, 5.74) is 0.518. The second kappa shape index (κ2) is 9.28. The minimum Gasteiger partial charge on any atom is -0.354 e. The molecule has 1 aromatic carbocycles. The van der Waals surface area contributed by atoms with Gasteiger partial charge in [-0.25, -0.2) is 13.4 Å². The van der Waals surface area contributed by atoms with Gasteiger partial charge in [-0.05, 0) is 31.2 Å². The van der Waals surface area contributed by atoms with Crippen molar-refractivity contribution < 1.29 is 22.8 Å². The van der Waals surface area contributed by atoms with Crippen molar-refractivity contribution in [3.8, 4) is 0 Å². The SMILES string of the molecule is CC(C(=O)NCCS(=O)(=O)N1CCN(c2ccccn2)CC1)N1C(=O)c2ccccc2C1=O. The van der Waals surface area contributed by atoms with Gasteiger partial charge >= 0.3 is 0 Å². The van der Waals surface area contributed by atoms with Crippen molar-refractivity contribution in [2.45, 2.75) is 13.0 Å². The molecule has 1 aromatic heterocycles. The highest BCUT2D eigenvalue weighted by atomic mass is 32.2. The molecule has 2 aromatic rings. The number of nitrogens with zero attached hydrogens (tertiary/aromatic N) is 4. The van der Waals surface area contributed by atoms with Crippen LogP contribution in [0.25, 0.3) is 0 Å². The van der Waals surface area contributed by atoms with E-state index >= 15 is 0 Å². The number of carbonyl (C=O) groups excluding carboxylic acids is 3. The molecule has 2 aliphatic rings. The Hall–Kier alpha value is -3.31. The van der Waals surface area contributed by atoms with Gasteiger partial charge in [0.2, 0.25) is 15.9 Å². The highest BCUT2D eigenvalue weighted by molar-refractivity contribution is 7.89. The molecule has 10 nitrogen and oxygen atoms in total. The molecule has 0 aliphatic carbocycles. The second-order valence-corrected chi connectivity index (χ2v) is 9.97. The molecule has 4 rings (SSSR count). The van der Waals surface area contributed by atoms with Crippen LogP contribution in [0.2, 0.25) is 0 Å². The standard InChI is InChI=1S/C22H25N5O5S/c1-16(27-21(29)17-6-2-3-7-18(17)22(27)30)20(28)24-10-15-33(31,32)26-13-11-25(12-14-26)19-8-4-5-9-23-19/h2-9,16H,10-15H2,1H3,(H,24,28). The highest BCUT2D eigenvalue weighted by Gasteiger charge is 2.40. The fourth-order valence-electron chi connectivity index (χ4n) is 3.99. The summed E-state index contributed by atoms with van der Waals surface area (Å²) in [6.45, 7) is 3.05. The number of nitrogens with one attached hydrogen (secondary N) is 1. The molecule has 174 valence electrons. The molecule has 1 fully saturated rings. The predicted octanol–water partition coefficient (Wildman–Crippen LogP) is 0.334. The third-order valence-electron chi connectivity index (χ3n) is 5.86. The fourth-order valence-corrected chi connectivity index (χ4v) is 5.33. The minimum absolute atomic E-state index is 0.116. The topological polar surface area (TPSA) is 120 Å². The number of hydrogen-bond acceptors (Lipinski definition) is 7. The number of rotatable bonds is 7. The van der Waals surface area contributed by atoms with E-state index in [0.717, 1.165) is 10.7 Å². The molecule has 3 heterocycles. The van der Waals surface area contributed by atoms with E-state index < -0.39 is 33.8 Å². The van der Waals surface area contributed by atoms with E-state index in [-0.39, 0.29) is 23.4 Å². The molecule has 1 N–H and O–H groups in total. The van der Waals surface area contributed by atoms with E-state index in [2.05, 4.69) is 10.3 Å². The van der Waals surface area contributed by atoms with Crippen molar-refractivity contribution in [2.24, 2.45) is 0 Å². The monoisotopic (exact) mass is 471 g/mol. The number of pyridine rings is 1. The van der Waals surface area contributed by atoms with Gasteiger partial charge < -0.3 is 10.2 Å². The average molecular weight is 472 g/mol. The van der Waals surface area contributed by atoms with Gasteiger partial charge in [0, 0.05) is 38.9 Å². The summed E-state index contributed by atoms with van der Waals surface area (Å²) in [5.74, 6) is -1.10. The lowest BCUT2D eigenvalue weighted by molar-refractivity contribution is -0.124. The Balaban J connectivity index is 1.28. The molecule has 0 spiro atoms. The maximum absolute atomic E-state index is 12.7. The molecule has 0 radical (unpaired) electrons. The number of amides is 3. The van der Waals surface area contributed by atoms with Crippen LogP contribution < -0.4 is 10.2 Å². The van der Waals surface area contributed by atoms with Crippen molar-refractivity contribution in [1.29, 1.82) is 0 Å². The molecule has 1 atom stereocenters. The molecule has 1 saturated heterocycles. The van der Waals surface area contributed by atoms with E-state index in [1.165, 1.54) is 11.2 Å². The van der Waals surface area contributed by atoms with Crippen LogP contribution in [0.1, 0.15) is 27.6 Å². The Morgan fingerprint density at radius 2 is 1.61 bits per heavy atom. The summed E-state index contributed by atoms with van der Waals surface area (Å²) < 4.78 is 26.8. The summed E-state index contributed by atoms with van der Waals surface area (Å²) in [7, 11) is -3.57. The largest absolute Gasteiger partial charge is 0.354 e. The number of imide groups is 1. The van der Waals surface area contributed by atoms with Crippen LogP contribution in [0, 0.1) is 0 Å². The van der Waals surface area contributed by atoms with Crippen LogP contribution in [0.4, 0.5) is 5.82 Å². The minimum atomic E-state index is -3.57. The summed E-state index contributed by atoms with van der Waals surface area (Å²) in [4.78, 5) is 44.9. The number of aromatic nitrogens is 1. The van der Waals surface area contributed by atoms with E-state index in [4.69, 9.17) is 0 Å². The average Bonchev–Trinajstić information content (AvgIpc) is 3.09. The van der Waals surface area contributed by atoms with Gasteiger partial charge in [-0.3, -0.25) is 19.3 Å². The van der Waals surface area contributed by atoms with Crippen LogP contribution >= 0.6 is 0 Å². The lowest BCUT2D eigenvalue weighted by Gasteiger charge is -2.34. The van der Waals surface area contributed by atoms with E-state index in [1.54, 1.807) is 30.5 Å². The first-order chi connectivity index (χ1) is 15.8. The number of sulfonamides is 1. The molecule has 3 amide bonds. The van der Waals surface area contributed by atoms with Gasteiger partial charge in [0.05, 0.1) is 16.9 Å². The van der Waals surface area contributed by atoms with Crippen LogP contribution in [0.3, 0.4) is 0 Å². The second-order valence-electron chi connectivity index (χ2n) is 7.88. The summed E-state index contributed by atoms with van der Waals surface area (Å²) in [6.07, 6.45) is 1.70. The number of carbonyl (C=O) groups is 3. The molecular weight excluding hydrogens is 446 g/mol. The van der Waals surface area contributed by atoms with Crippen molar-refractivity contribution in [1.82, 2.24) is 19.5 Å². The maximum Gasteiger partial charge on any atom is 0.262 e. The summed E-state index contributed by atoms with van der Waals surface area (Å²) in [5, 5.41) is 2.55. The zero-order chi connectivity index (χ0) is 23.6. The summed E-state index contributed by atoms with van der Waals surface area (Å²) in [6, 6.07) is 10.9. The van der Waals surface area contributed by atoms with Gasteiger partial charge in [0.15, 0.2) is 0 Å². The Bertz CT molecular complexity index is 1130. The number of anilines is 1. The van der Waals surface area contributed by atoms with E-state index in [1.807, 2.05) is 23.1 Å². The number of hydrogen-bond donors (Lipinski definition) is 1. The molecule has 0 bridgehead atoms. The van der Waals surface area contributed by atoms with Crippen LogP contribution in [-0.4, -0.2) is 84.8 Å². The normalized spacial score (nSPS) is 17.7. The molecule has 11 heteroatoms. The van der Waals surface area contributed by atoms with Gasteiger partial charge in [-0.15, -0.1) is 0 Å². The molecular formula is C22H25N5O5S. The Kier molecular flexibility index (Phi) is 6.43. The Labute approximate surface area is 192 Å². The third-order valence-corrected chi connectivity index (χ3v) is 7.73. The third kappa shape index (κ3) is 4.60. The number of fused-ring (bicyclic) bond motifs is 1. The first kappa shape index (κ1) is 22.9. The first-order valence-corrected chi connectivity index (χ1v) is 12.3. The van der Waals surface area contributed by atoms with Crippen LogP contribution in [0.15, 0.2) is 48.7 Å². The summed E-state index contributed by atoms with van der Waals surface area (Å²) >= 11 is 0. The van der Waals surface area contributed by atoms with Crippen LogP contribution in [-0.2, 0) is 14.8 Å². The molecule has 1 unspecified atom stereocenters. The fraction of sp³-hybridized carbons (Fsp3) is 0.364. The Morgan fingerprint density at radius 3 is 2.18 bits per heavy atom. The van der Waals surface area contributed by atoms with Crippen molar-refractivity contribution in [2.75, 3.05) is 43.4 Å². The predicted molar refractivity (Wildman–Crippen MR) is 121 cm³/mol. The quantitative estimate of drug-likeness (QED) is 0.578.